The van der Waals surface area contributed by atoms with Crippen LogP contribution in [0.15, 0.2) is 18.2 Å². The van der Waals surface area contributed by atoms with Crippen LogP contribution in [0.2, 0.25) is 0 Å². The number of amides is 1. The van der Waals surface area contributed by atoms with Crippen molar-refractivity contribution in [2.75, 3.05) is 17.7 Å². The van der Waals surface area contributed by atoms with Crippen LogP contribution in [0.5, 0.6) is 0 Å². The molecule has 0 spiro atoms. The number of fused-ring (bicyclic) bond motifs is 1. The van der Waals surface area contributed by atoms with E-state index in [0.29, 0.717) is 6.42 Å². The molecule has 1 aliphatic rings. The van der Waals surface area contributed by atoms with Gasteiger partial charge in [0.2, 0.25) is 5.91 Å². The molecule has 1 atom stereocenters. The molecule has 0 fully saturated rings. The predicted molar refractivity (Wildman–Crippen MR) is 84.9 cm³/mol. The molecule has 0 radical (unpaired) electrons. The first kappa shape index (κ1) is 16.2. The Balaban J connectivity index is 0.00000180. The van der Waals surface area contributed by atoms with Crippen molar-refractivity contribution >= 4 is 35.8 Å². The molecular formula is C14H21ClN2OS. The van der Waals surface area contributed by atoms with Gasteiger partial charge in [-0.25, -0.2) is 0 Å². The van der Waals surface area contributed by atoms with E-state index in [0.717, 1.165) is 30.7 Å². The lowest BCUT2D eigenvalue weighted by molar-refractivity contribution is -0.121. The topological polar surface area (TPSA) is 55.1 Å². The fourth-order valence-electron chi connectivity index (χ4n) is 2.45. The van der Waals surface area contributed by atoms with E-state index in [1.54, 1.807) is 11.8 Å². The van der Waals surface area contributed by atoms with Crippen LogP contribution in [0, 0.1) is 0 Å². The van der Waals surface area contributed by atoms with Crippen molar-refractivity contribution in [3.63, 3.8) is 0 Å². The maximum Gasteiger partial charge on any atom is 0.221 e. The highest BCUT2D eigenvalue weighted by atomic mass is 35.5. The molecule has 0 aliphatic heterocycles. The third-order valence-electron chi connectivity index (χ3n) is 3.35. The summed E-state index contributed by atoms with van der Waals surface area (Å²) in [5, 5.41) is 3.14. The van der Waals surface area contributed by atoms with Crippen LogP contribution < -0.4 is 11.1 Å². The van der Waals surface area contributed by atoms with Gasteiger partial charge in [0.1, 0.15) is 0 Å². The highest BCUT2D eigenvalue weighted by molar-refractivity contribution is 7.98. The normalized spacial score (nSPS) is 17.2. The molecule has 5 heteroatoms. The highest BCUT2D eigenvalue weighted by Gasteiger charge is 2.21. The number of nitrogens with two attached hydrogens (primary N) is 1. The SMILES string of the molecule is CSCCC(=O)NC1CCCc2cc(N)ccc21.Cl. The quantitative estimate of drug-likeness (QED) is 0.841. The van der Waals surface area contributed by atoms with E-state index in [2.05, 4.69) is 11.4 Å². The minimum atomic E-state index is 0. The minimum absolute atomic E-state index is 0. The Kier molecular flexibility index (Phi) is 6.52. The number of nitrogens with one attached hydrogen (secondary N) is 1. The van der Waals surface area contributed by atoms with Gasteiger partial charge in [-0.15, -0.1) is 12.4 Å². The van der Waals surface area contributed by atoms with E-state index in [4.69, 9.17) is 5.73 Å². The van der Waals surface area contributed by atoms with E-state index < -0.39 is 0 Å². The van der Waals surface area contributed by atoms with Crippen LogP contribution >= 0.6 is 24.2 Å². The molecule has 0 heterocycles. The van der Waals surface area contributed by atoms with Crippen molar-refractivity contribution in [2.45, 2.75) is 31.7 Å². The summed E-state index contributed by atoms with van der Waals surface area (Å²) in [5.41, 5.74) is 9.14. The summed E-state index contributed by atoms with van der Waals surface area (Å²) in [6, 6.07) is 6.19. The van der Waals surface area contributed by atoms with Gasteiger partial charge in [0, 0.05) is 17.9 Å². The zero-order valence-electron chi connectivity index (χ0n) is 11.1. The van der Waals surface area contributed by atoms with Gasteiger partial charge < -0.3 is 11.1 Å². The van der Waals surface area contributed by atoms with Crippen LogP contribution in [0.3, 0.4) is 0 Å². The van der Waals surface area contributed by atoms with Gasteiger partial charge in [-0.3, -0.25) is 4.79 Å². The maximum absolute atomic E-state index is 11.8. The first-order valence-electron chi connectivity index (χ1n) is 6.37. The number of benzene rings is 1. The lowest BCUT2D eigenvalue weighted by Crippen LogP contribution is -2.31. The summed E-state index contributed by atoms with van der Waals surface area (Å²) in [4.78, 5) is 11.8. The molecule has 3 nitrogen and oxygen atoms in total. The van der Waals surface area contributed by atoms with Gasteiger partial charge >= 0.3 is 0 Å². The largest absolute Gasteiger partial charge is 0.399 e. The molecule has 3 N–H and O–H groups in total. The smallest absolute Gasteiger partial charge is 0.221 e. The predicted octanol–water partition coefficient (Wildman–Crippen LogP) is 2.94. The van der Waals surface area contributed by atoms with Crippen molar-refractivity contribution in [2.24, 2.45) is 0 Å². The van der Waals surface area contributed by atoms with Gasteiger partial charge in [0.05, 0.1) is 6.04 Å². The molecule has 2 rings (SSSR count). The van der Waals surface area contributed by atoms with Crippen molar-refractivity contribution in [1.29, 1.82) is 0 Å². The third-order valence-corrected chi connectivity index (χ3v) is 3.96. The van der Waals surface area contributed by atoms with E-state index >= 15 is 0 Å². The first-order chi connectivity index (χ1) is 8.70. The molecule has 0 saturated heterocycles. The summed E-state index contributed by atoms with van der Waals surface area (Å²) in [6.07, 6.45) is 5.83. The monoisotopic (exact) mass is 300 g/mol. The van der Waals surface area contributed by atoms with Gasteiger partial charge in [0.15, 0.2) is 0 Å². The molecular weight excluding hydrogens is 280 g/mol. The van der Waals surface area contributed by atoms with Crippen molar-refractivity contribution in [3.8, 4) is 0 Å². The lowest BCUT2D eigenvalue weighted by Gasteiger charge is -2.26. The molecule has 1 unspecified atom stereocenters. The summed E-state index contributed by atoms with van der Waals surface area (Å²) >= 11 is 1.70. The number of carbonyl (C=O) groups excluding carboxylic acids is 1. The fraction of sp³-hybridized carbons (Fsp3) is 0.500. The second-order valence-electron chi connectivity index (χ2n) is 4.71. The Morgan fingerprint density at radius 1 is 1.53 bits per heavy atom. The number of hydrogen-bond donors (Lipinski definition) is 2. The lowest BCUT2D eigenvalue weighted by atomic mass is 9.87. The van der Waals surface area contributed by atoms with Gasteiger partial charge in [-0.1, -0.05) is 6.07 Å². The van der Waals surface area contributed by atoms with Gasteiger partial charge in [0.25, 0.3) is 0 Å². The number of rotatable bonds is 4. The molecule has 1 aliphatic carbocycles. The Bertz CT molecular complexity index is 439. The van der Waals surface area contributed by atoms with Crippen LogP contribution in [0.25, 0.3) is 0 Å². The minimum Gasteiger partial charge on any atom is -0.399 e. The van der Waals surface area contributed by atoms with E-state index in [-0.39, 0.29) is 24.4 Å². The van der Waals surface area contributed by atoms with E-state index in [9.17, 15) is 4.79 Å². The highest BCUT2D eigenvalue weighted by Crippen LogP contribution is 2.30. The third kappa shape index (κ3) is 4.32. The molecule has 0 saturated carbocycles. The van der Waals surface area contributed by atoms with E-state index in [1.165, 1.54) is 11.1 Å². The number of carbonyl (C=O) groups is 1. The zero-order valence-corrected chi connectivity index (χ0v) is 12.8. The number of aryl methyl sites for hydroxylation is 1. The average Bonchev–Trinajstić information content (AvgIpc) is 2.36. The summed E-state index contributed by atoms with van der Waals surface area (Å²) in [5.74, 6) is 1.03. The standard InChI is InChI=1S/C14H20N2OS.ClH/c1-18-8-7-14(17)16-13-4-2-3-10-9-11(15)5-6-12(10)13;/h5-6,9,13H,2-4,7-8,15H2,1H3,(H,16,17);1H. The Morgan fingerprint density at radius 3 is 3.05 bits per heavy atom. The van der Waals surface area contributed by atoms with Gasteiger partial charge in [-0.05, 0) is 48.8 Å². The average molecular weight is 301 g/mol. The zero-order chi connectivity index (χ0) is 13.0. The number of thioether (sulfide) groups is 1. The molecule has 1 amide bonds. The van der Waals surface area contributed by atoms with Crippen molar-refractivity contribution in [3.05, 3.63) is 29.3 Å². The summed E-state index contributed by atoms with van der Waals surface area (Å²) in [7, 11) is 0. The Morgan fingerprint density at radius 2 is 2.32 bits per heavy atom. The van der Waals surface area contributed by atoms with Crippen LogP contribution in [-0.4, -0.2) is 17.9 Å². The Hall–Kier alpha value is -0.870. The van der Waals surface area contributed by atoms with Crippen LogP contribution in [-0.2, 0) is 11.2 Å². The molecule has 1 aromatic rings. The first-order valence-corrected chi connectivity index (χ1v) is 7.76. The number of nitrogen functional groups attached to an aromatic ring is 1. The fourth-order valence-corrected chi connectivity index (χ4v) is 2.83. The van der Waals surface area contributed by atoms with Crippen molar-refractivity contribution < 1.29 is 4.79 Å². The van der Waals surface area contributed by atoms with Gasteiger partial charge in [-0.2, -0.15) is 11.8 Å². The Labute approximate surface area is 125 Å². The van der Waals surface area contributed by atoms with Crippen LogP contribution in [0.1, 0.15) is 36.4 Å². The second-order valence-corrected chi connectivity index (χ2v) is 5.70. The molecule has 106 valence electrons. The summed E-state index contributed by atoms with van der Waals surface area (Å²) < 4.78 is 0. The number of anilines is 1. The number of halogens is 1. The molecule has 1 aromatic carbocycles. The van der Waals surface area contributed by atoms with Crippen molar-refractivity contribution in [1.82, 2.24) is 5.32 Å². The number of hydrogen-bond acceptors (Lipinski definition) is 3. The summed E-state index contributed by atoms with van der Waals surface area (Å²) in [6.45, 7) is 0. The second kappa shape index (κ2) is 7.65. The molecule has 0 bridgehead atoms. The maximum atomic E-state index is 11.8. The van der Waals surface area contributed by atoms with Crippen LogP contribution in [0.4, 0.5) is 5.69 Å². The molecule has 19 heavy (non-hydrogen) atoms. The molecule has 0 aromatic heterocycles. The van der Waals surface area contributed by atoms with E-state index in [1.807, 2.05) is 18.4 Å².